The van der Waals surface area contributed by atoms with Crippen molar-refractivity contribution in [3.63, 3.8) is 0 Å². The minimum absolute atomic E-state index is 0.701. The van der Waals surface area contributed by atoms with Crippen LogP contribution in [0.2, 0.25) is 0 Å². The van der Waals surface area contributed by atoms with Gasteiger partial charge in [-0.15, -0.1) is 11.3 Å². The summed E-state index contributed by atoms with van der Waals surface area (Å²) in [6.07, 6.45) is 3.03. The lowest BCUT2D eigenvalue weighted by Gasteiger charge is -1.82. The van der Waals surface area contributed by atoms with Gasteiger partial charge in [-0.2, -0.15) is 0 Å². The minimum Gasteiger partial charge on any atom is -0.442 e. The van der Waals surface area contributed by atoms with E-state index in [1.54, 1.807) is 6.20 Å². The first-order valence-corrected chi connectivity index (χ1v) is 4.53. The van der Waals surface area contributed by atoms with Crippen LogP contribution in [0.1, 0.15) is 0 Å². The second-order valence-electron chi connectivity index (χ2n) is 1.85. The molecule has 0 bridgehead atoms. The molecular weight excluding hydrogens is 228 g/mol. The first-order chi connectivity index (χ1) is 5.36. The third-order valence-electron chi connectivity index (χ3n) is 1.16. The first-order valence-electron chi connectivity index (χ1n) is 2.86. The van der Waals surface area contributed by atoms with Crippen molar-refractivity contribution in [1.29, 1.82) is 0 Å². The van der Waals surface area contributed by atoms with E-state index < -0.39 is 0 Å². The molecule has 0 aliphatic heterocycles. The summed E-state index contributed by atoms with van der Waals surface area (Å²) < 4.78 is 5.90. The molecule has 0 spiro atoms. The minimum atomic E-state index is 0.701. The number of hydrogen-bond acceptors (Lipinski definition) is 4. The Balaban J connectivity index is 2.45. The fourth-order valence-corrected chi connectivity index (χ4v) is 1.71. The lowest BCUT2D eigenvalue weighted by atomic mass is 10.4. The van der Waals surface area contributed by atoms with Crippen molar-refractivity contribution in [3.8, 4) is 11.5 Å². The van der Waals surface area contributed by atoms with Gasteiger partial charge in [0.25, 0.3) is 0 Å². The van der Waals surface area contributed by atoms with Gasteiger partial charge in [0.2, 0.25) is 0 Å². The molecule has 0 aliphatic carbocycles. The number of aromatic nitrogens is 2. The zero-order valence-corrected chi connectivity index (χ0v) is 7.72. The fraction of sp³-hybridized carbons (Fsp3) is 0. The Hall–Kier alpha value is -0.680. The van der Waals surface area contributed by atoms with E-state index in [9.17, 15) is 0 Å². The molecule has 0 amide bonds. The summed E-state index contributed by atoms with van der Waals surface area (Å²) in [6, 6.07) is 0. The van der Waals surface area contributed by atoms with Crippen LogP contribution in [-0.4, -0.2) is 9.97 Å². The number of hydrogen-bond donors (Lipinski definition) is 0. The van der Waals surface area contributed by atoms with E-state index in [4.69, 9.17) is 4.42 Å². The summed E-state index contributed by atoms with van der Waals surface area (Å²) >= 11 is 4.78. The molecule has 56 valence electrons. The van der Waals surface area contributed by atoms with E-state index >= 15 is 0 Å². The Morgan fingerprint density at radius 3 is 3.00 bits per heavy atom. The summed E-state index contributed by atoms with van der Waals surface area (Å²) in [4.78, 5) is 7.95. The Labute approximate surface area is 75.2 Å². The smallest absolute Gasteiger partial charge is 0.181 e. The molecule has 11 heavy (non-hydrogen) atoms. The summed E-state index contributed by atoms with van der Waals surface area (Å²) in [5.41, 5.74) is 0.819. The van der Waals surface area contributed by atoms with Crippen molar-refractivity contribution in [2.75, 3.05) is 0 Å². The molecule has 2 rings (SSSR count). The van der Waals surface area contributed by atoms with Crippen molar-refractivity contribution in [2.24, 2.45) is 0 Å². The highest BCUT2D eigenvalue weighted by Gasteiger charge is 2.04. The number of rotatable bonds is 1. The van der Waals surface area contributed by atoms with Gasteiger partial charge in [0.15, 0.2) is 16.1 Å². The molecule has 0 fully saturated rings. The molecule has 0 atom stereocenters. The summed E-state index contributed by atoms with van der Waals surface area (Å²) in [7, 11) is 0. The van der Waals surface area contributed by atoms with E-state index in [-0.39, 0.29) is 0 Å². The Morgan fingerprint density at radius 2 is 2.45 bits per heavy atom. The van der Waals surface area contributed by atoms with Gasteiger partial charge in [0, 0.05) is 5.38 Å². The molecule has 0 saturated heterocycles. The highest BCUT2D eigenvalue weighted by Crippen LogP contribution is 2.24. The van der Waals surface area contributed by atoms with Crippen LogP contribution in [0.4, 0.5) is 0 Å². The third kappa shape index (κ3) is 1.34. The Morgan fingerprint density at radius 1 is 1.55 bits per heavy atom. The summed E-state index contributed by atoms with van der Waals surface area (Å²) in [6.45, 7) is 0. The van der Waals surface area contributed by atoms with Crippen LogP contribution >= 0.6 is 27.3 Å². The lowest BCUT2D eigenvalue weighted by Crippen LogP contribution is -1.70. The number of thiazole rings is 1. The van der Waals surface area contributed by atoms with E-state index in [0.29, 0.717) is 5.76 Å². The monoisotopic (exact) mass is 230 g/mol. The number of halogens is 1. The van der Waals surface area contributed by atoms with Crippen LogP contribution in [0, 0.1) is 0 Å². The van der Waals surface area contributed by atoms with Crippen LogP contribution in [-0.2, 0) is 0 Å². The van der Waals surface area contributed by atoms with Gasteiger partial charge in [-0.05, 0) is 15.9 Å². The molecular formula is C6H3BrN2OS. The fourth-order valence-electron chi connectivity index (χ4n) is 0.707. The normalized spacial score (nSPS) is 10.3. The summed E-state index contributed by atoms with van der Waals surface area (Å²) in [5.74, 6) is 0.701. The van der Waals surface area contributed by atoms with Crippen molar-refractivity contribution >= 4 is 27.3 Å². The van der Waals surface area contributed by atoms with Crippen LogP contribution in [0.15, 0.2) is 26.3 Å². The second kappa shape index (κ2) is 2.75. The van der Waals surface area contributed by atoms with Crippen molar-refractivity contribution in [2.45, 2.75) is 0 Å². The standard InChI is InChI=1S/C6H3BrN2OS/c7-6-9-4(2-11-6)5-1-8-3-10-5/h1-3H. The highest BCUT2D eigenvalue weighted by molar-refractivity contribution is 9.11. The van der Waals surface area contributed by atoms with E-state index in [1.165, 1.54) is 17.7 Å². The zero-order valence-electron chi connectivity index (χ0n) is 5.32. The molecule has 0 unspecified atom stereocenters. The maximum absolute atomic E-state index is 5.05. The SMILES string of the molecule is Brc1nc(-c2cnco2)cs1. The Bertz CT molecular complexity index is 343. The molecule has 0 saturated carbocycles. The molecule has 0 N–H and O–H groups in total. The second-order valence-corrected chi connectivity index (χ2v) is 3.99. The third-order valence-corrected chi connectivity index (χ3v) is 2.53. The van der Waals surface area contributed by atoms with E-state index in [1.807, 2.05) is 5.38 Å². The average molecular weight is 231 g/mol. The van der Waals surface area contributed by atoms with Gasteiger partial charge in [-0.3, -0.25) is 0 Å². The van der Waals surface area contributed by atoms with Gasteiger partial charge in [0.05, 0.1) is 6.20 Å². The number of nitrogens with zero attached hydrogens (tertiary/aromatic N) is 2. The Kier molecular flexibility index (Phi) is 1.75. The van der Waals surface area contributed by atoms with Crippen LogP contribution < -0.4 is 0 Å². The van der Waals surface area contributed by atoms with Crippen LogP contribution in [0.25, 0.3) is 11.5 Å². The van der Waals surface area contributed by atoms with Crippen molar-refractivity contribution in [3.05, 3.63) is 21.9 Å². The zero-order chi connectivity index (χ0) is 7.68. The van der Waals surface area contributed by atoms with Crippen LogP contribution in [0.3, 0.4) is 0 Å². The quantitative estimate of drug-likeness (QED) is 0.756. The highest BCUT2D eigenvalue weighted by atomic mass is 79.9. The molecule has 2 aromatic heterocycles. The largest absolute Gasteiger partial charge is 0.442 e. The van der Waals surface area contributed by atoms with Gasteiger partial charge in [-0.1, -0.05) is 0 Å². The summed E-state index contributed by atoms with van der Waals surface area (Å²) in [5, 5.41) is 1.91. The molecule has 0 radical (unpaired) electrons. The molecule has 0 aliphatic rings. The lowest BCUT2D eigenvalue weighted by molar-refractivity contribution is 0.570. The predicted molar refractivity (Wildman–Crippen MR) is 45.3 cm³/mol. The van der Waals surface area contributed by atoms with Crippen molar-refractivity contribution in [1.82, 2.24) is 9.97 Å². The molecule has 3 nitrogen and oxygen atoms in total. The van der Waals surface area contributed by atoms with E-state index in [0.717, 1.165) is 9.61 Å². The first kappa shape index (κ1) is 7.00. The van der Waals surface area contributed by atoms with Crippen LogP contribution in [0.5, 0.6) is 0 Å². The molecule has 0 aromatic carbocycles. The predicted octanol–water partition coefficient (Wildman–Crippen LogP) is 2.56. The van der Waals surface area contributed by atoms with Gasteiger partial charge >= 0.3 is 0 Å². The maximum atomic E-state index is 5.05. The maximum Gasteiger partial charge on any atom is 0.181 e. The topological polar surface area (TPSA) is 38.9 Å². The average Bonchev–Trinajstić information content (AvgIpc) is 2.55. The van der Waals surface area contributed by atoms with Gasteiger partial charge in [0.1, 0.15) is 5.69 Å². The van der Waals surface area contributed by atoms with Crippen molar-refractivity contribution < 1.29 is 4.42 Å². The van der Waals surface area contributed by atoms with Gasteiger partial charge in [-0.25, -0.2) is 9.97 Å². The van der Waals surface area contributed by atoms with Gasteiger partial charge < -0.3 is 4.42 Å². The molecule has 2 heterocycles. The van der Waals surface area contributed by atoms with E-state index in [2.05, 4.69) is 25.9 Å². The molecule has 2 aromatic rings. The number of oxazole rings is 1. The molecule has 5 heteroatoms.